The van der Waals surface area contributed by atoms with Crippen LogP contribution in [0.1, 0.15) is 51.7 Å². The summed E-state index contributed by atoms with van der Waals surface area (Å²) in [6.45, 7) is 9.14. The lowest BCUT2D eigenvalue weighted by molar-refractivity contribution is 0.268. The van der Waals surface area contributed by atoms with E-state index in [4.69, 9.17) is 0 Å². The fraction of sp³-hybridized carbons (Fsp3) is 0.647. The van der Waals surface area contributed by atoms with Gasteiger partial charge in [-0.25, -0.2) is 0 Å². The minimum absolute atomic E-state index is 0.330. The minimum Gasteiger partial charge on any atom is -0.316 e. The van der Waals surface area contributed by atoms with Crippen LogP contribution in [0, 0.1) is 5.41 Å². The number of aryl methyl sites for hydroxylation is 2. The molecule has 1 unspecified atom stereocenters. The molecule has 18 heavy (non-hydrogen) atoms. The van der Waals surface area contributed by atoms with Crippen molar-refractivity contribution >= 4 is 0 Å². The van der Waals surface area contributed by atoms with E-state index in [9.17, 15) is 0 Å². The fourth-order valence-corrected chi connectivity index (χ4v) is 2.48. The third-order valence-electron chi connectivity index (χ3n) is 3.68. The number of benzene rings is 1. The topological polar surface area (TPSA) is 12.0 Å². The molecule has 0 fully saturated rings. The highest BCUT2D eigenvalue weighted by atomic mass is 14.9. The highest BCUT2D eigenvalue weighted by molar-refractivity contribution is 5.22. The van der Waals surface area contributed by atoms with E-state index in [1.807, 2.05) is 0 Å². The molecule has 0 aliphatic rings. The molecule has 0 radical (unpaired) electrons. The van der Waals surface area contributed by atoms with Gasteiger partial charge in [0.25, 0.3) is 0 Å². The normalized spacial score (nSPS) is 13.6. The third kappa shape index (κ3) is 4.81. The van der Waals surface area contributed by atoms with Crippen molar-refractivity contribution in [3.05, 3.63) is 35.4 Å². The monoisotopic (exact) mass is 247 g/mol. The lowest BCUT2D eigenvalue weighted by atomic mass is 9.83. The molecule has 1 rings (SSSR count). The number of nitrogens with one attached hydrogen (secondary N) is 1. The highest BCUT2D eigenvalue weighted by Gasteiger charge is 2.22. The van der Waals surface area contributed by atoms with Gasteiger partial charge in [0.05, 0.1) is 0 Å². The molecule has 0 saturated carbocycles. The van der Waals surface area contributed by atoms with Gasteiger partial charge in [0, 0.05) is 6.04 Å². The van der Waals surface area contributed by atoms with Crippen LogP contribution in [0.3, 0.4) is 0 Å². The van der Waals surface area contributed by atoms with E-state index in [-0.39, 0.29) is 0 Å². The van der Waals surface area contributed by atoms with E-state index >= 15 is 0 Å². The summed E-state index contributed by atoms with van der Waals surface area (Å²) in [7, 11) is 2.07. The maximum absolute atomic E-state index is 3.44. The van der Waals surface area contributed by atoms with E-state index in [1.54, 1.807) is 0 Å². The van der Waals surface area contributed by atoms with Crippen LogP contribution in [0.2, 0.25) is 0 Å². The van der Waals surface area contributed by atoms with Gasteiger partial charge in [0.2, 0.25) is 0 Å². The van der Waals surface area contributed by atoms with Crippen molar-refractivity contribution in [2.24, 2.45) is 5.41 Å². The molecule has 0 amide bonds. The molecule has 0 spiro atoms. The van der Waals surface area contributed by atoms with Gasteiger partial charge in [0.1, 0.15) is 0 Å². The lowest BCUT2D eigenvalue weighted by Crippen LogP contribution is -2.38. The standard InChI is InChI=1S/C17H29N/c1-6-7-14-8-10-15(11-9-14)12-13-16(18-5)17(2,3)4/h8-11,16,18H,6-7,12-13H2,1-5H3. The van der Waals surface area contributed by atoms with Crippen molar-refractivity contribution in [3.63, 3.8) is 0 Å². The minimum atomic E-state index is 0.330. The van der Waals surface area contributed by atoms with Crippen molar-refractivity contribution in [1.82, 2.24) is 5.32 Å². The lowest BCUT2D eigenvalue weighted by Gasteiger charge is -2.30. The van der Waals surface area contributed by atoms with Crippen LogP contribution < -0.4 is 5.32 Å². The number of rotatable bonds is 6. The molecular formula is C17H29N. The van der Waals surface area contributed by atoms with Gasteiger partial charge in [-0.1, -0.05) is 58.4 Å². The van der Waals surface area contributed by atoms with E-state index in [2.05, 4.69) is 64.3 Å². The molecule has 1 nitrogen and oxygen atoms in total. The molecular weight excluding hydrogens is 218 g/mol. The highest BCUT2D eigenvalue weighted by Crippen LogP contribution is 2.23. The van der Waals surface area contributed by atoms with Crippen LogP contribution >= 0.6 is 0 Å². The maximum Gasteiger partial charge on any atom is 0.0116 e. The first-order valence-electron chi connectivity index (χ1n) is 7.22. The predicted octanol–water partition coefficient (Wildman–Crippen LogP) is 4.21. The van der Waals surface area contributed by atoms with E-state index in [0.717, 1.165) is 6.42 Å². The van der Waals surface area contributed by atoms with Crippen molar-refractivity contribution in [2.75, 3.05) is 7.05 Å². The largest absolute Gasteiger partial charge is 0.316 e. The molecule has 0 bridgehead atoms. The molecule has 0 aliphatic heterocycles. The fourth-order valence-electron chi connectivity index (χ4n) is 2.48. The second-order valence-corrected chi connectivity index (χ2v) is 6.31. The Bertz CT molecular complexity index is 332. The quantitative estimate of drug-likeness (QED) is 0.794. The molecule has 1 N–H and O–H groups in total. The van der Waals surface area contributed by atoms with E-state index in [1.165, 1.54) is 30.4 Å². The Hall–Kier alpha value is -0.820. The first-order chi connectivity index (χ1) is 8.47. The molecule has 1 atom stereocenters. The molecule has 0 saturated heterocycles. The van der Waals surface area contributed by atoms with Crippen molar-refractivity contribution in [2.45, 2.75) is 59.4 Å². The summed E-state index contributed by atoms with van der Waals surface area (Å²) in [5.74, 6) is 0. The molecule has 1 aromatic rings. The first kappa shape index (κ1) is 15.2. The van der Waals surface area contributed by atoms with Crippen LogP contribution in [0.15, 0.2) is 24.3 Å². The average molecular weight is 247 g/mol. The Labute approximate surface area is 113 Å². The molecule has 0 heterocycles. The summed E-state index contributed by atoms with van der Waals surface area (Å²) in [4.78, 5) is 0. The predicted molar refractivity (Wildman–Crippen MR) is 81.1 cm³/mol. The summed E-state index contributed by atoms with van der Waals surface area (Å²) >= 11 is 0. The Morgan fingerprint density at radius 1 is 1.00 bits per heavy atom. The molecule has 0 aromatic heterocycles. The average Bonchev–Trinajstić information content (AvgIpc) is 2.30. The molecule has 1 heteroatoms. The van der Waals surface area contributed by atoms with Crippen molar-refractivity contribution in [1.29, 1.82) is 0 Å². The SMILES string of the molecule is CCCc1ccc(CCC(NC)C(C)(C)C)cc1. The van der Waals surface area contributed by atoms with Crippen LogP contribution in [0.4, 0.5) is 0 Å². The van der Waals surface area contributed by atoms with Crippen molar-refractivity contribution in [3.8, 4) is 0 Å². The zero-order valence-corrected chi connectivity index (χ0v) is 12.7. The van der Waals surface area contributed by atoms with E-state index < -0.39 is 0 Å². The van der Waals surface area contributed by atoms with Gasteiger partial charge < -0.3 is 5.32 Å². The summed E-state index contributed by atoms with van der Waals surface area (Å²) in [6, 6.07) is 9.72. The third-order valence-corrected chi connectivity index (χ3v) is 3.68. The Balaban J connectivity index is 2.52. The summed E-state index contributed by atoms with van der Waals surface area (Å²) < 4.78 is 0. The number of hydrogen-bond donors (Lipinski definition) is 1. The van der Waals surface area contributed by atoms with Gasteiger partial charge in [0.15, 0.2) is 0 Å². The summed E-state index contributed by atoms with van der Waals surface area (Å²) in [5, 5.41) is 3.44. The number of hydrogen-bond acceptors (Lipinski definition) is 1. The Morgan fingerprint density at radius 3 is 1.89 bits per heavy atom. The Kier molecular flexibility index (Phi) is 5.87. The van der Waals surface area contributed by atoms with E-state index in [0.29, 0.717) is 11.5 Å². The van der Waals surface area contributed by atoms with Gasteiger partial charge in [-0.2, -0.15) is 0 Å². The molecule has 1 aromatic carbocycles. The van der Waals surface area contributed by atoms with Gasteiger partial charge in [-0.15, -0.1) is 0 Å². The van der Waals surface area contributed by atoms with Crippen LogP contribution in [-0.2, 0) is 12.8 Å². The maximum atomic E-state index is 3.44. The van der Waals surface area contributed by atoms with Crippen LogP contribution in [0.25, 0.3) is 0 Å². The van der Waals surface area contributed by atoms with Crippen LogP contribution in [-0.4, -0.2) is 13.1 Å². The molecule has 102 valence electrons. The van der Waals surface area contributed by atoms with Gasteiger partial charge in [-0.3, -0.25) is 0 Å². The Morgan fingerprint density at radius 2 is 1.50 bits per heavy atom. The zero-order chi connectivity index (χ0) is 13.6. The van der Waals surface area contributed by atoms with Gasteiger partial charge in [-0.05, 0) is 42.9 Å². The summed E-state index contributed by atoms with van der Waals surface area (Å²) in [6.07, 6.45) is 4.79. The second kappa shape index (κ2) is 6.94. The van der Waals surface area contributed by atoms with Crippen molar-refractivity contribution < 1.29 is 0 Å². The second-order valence-electron chi connectivity index (χ2n) is 6.31. The van der Waals surface area contributed by atoms with Crippen LogP contribution in [0.5, 0.6) is 0 Å². The first-order valence-corrected chi connectivity index (χ1v) is 7.22. The zero-order valence-electron chi connectivity index (χ0n) is 12.7. The summed E-state index contributed by atoms with van der Waals surface area (Å²) in [5.41, 5.74) is 3.25. The molecule has 0 aliphatic carbocycles. The smallest absolute Gasteiger partial charge is 0.0116 e. The van der Waals surface area contributed by atoms with Gasteiger partial charge >= 0.3 is 0 Å².